The summed E-state index contributed by atoms with van der Waals surface area (Å²) in [4.78, 5) is 26.8. The fourth-order valence-corrected chi connectivity index (χ4v) is 4.18. The van der Waals surface area contributed by atoms with Gasteiger partial charge in [-0.05, 0) is 35.9 Å². The SMILES string of the molecule is CN(C)S(=O)(=O)c1ccc(Cl)c(C(=O)Nc2ccc(CC(=O)N3CCOCC3)cc2)c1. The van der Waals surface area contributed by atoms with Gasteiger partial charge in [-0.25, -0.2) is 12.7 Å². The molecule has 1 heterocycles. The Morgan fingerprint density at radius 3 is 2.35 bits per heavy atom. The summed E-state index contributed by atoms with van der Waals surface area (Å²) in [5.41, 5.74) is 1.38. The van der Waals surface area contributed by atoms with E-state index >= 15 is 0 Å². The van der Waals surface area contributed by atoms with Gasteiger partial charge in [0.25, 0.3) is 5.91 Å². The molecular formula is C21H24ClN3O5S. The molecule has 2 amide bonds. The second-order valence-electron chi connectivity index (χ2n) is 7.25. The number of morpholine rings is 1. The maximum atomic E-state index is 12.7. The van der Waals surface area contributed by atoms with Crippen LogP contribution < -0.4 is 5.32 Å². The lowest BCUT2D eigenvalue weighted by molar-refractivity contribution is -0.134. The quantitative estimate of drug-likeness (QED) is 0.705. The van der Waals surface area contributed by atoms with Gasteiger partial charge < -0.3 is 15.0 Å². The average molecular weight is 466 g/mol. The van der Waals surface area contributed by atoms with E-state index in [0.29, 0.717) is 32.0 Å². The van der Waals surface area contributed by atoms with Crippen molar-refractivity contribution in [2.75, 3.05) is 45.7 Å². The van der Waals surface area contributed by atoms with Crippen LogP contribution in [0.25, 0.3) is 0 Å². The van der Waals surface area contributed by atoms with Crippen molar-refractivity contribution in [1.82, 2.24) is 9.21 Å². The maximum absolute atomic E-state index is 12.7. The van der Waals surface area contributed by atoms with E-state index in [2.05, 4.69) is 5.32 Å². The normalized spacial score (nSPS) is 14.5. The molecule has 0 unspecified atom stereocenters. The van der Waals surface area contributed by atoms with Gasteiger partial charge in [-0.2, -0.15) is 0 Å². The van der Waals surface area contributed by atoms with E-state index in [0.717, 1.165) is 9.87 Å². The van der Waals surface area contributed by atoms with Crippen LogP contribution in [-0.4, -0.2) is 69.8 Å². The number of hydrogen-bond acceptors (Lipinski definition) is 5. The number of nitrogens with one attached hydrogen (secondary N) is 1. The van der Waals surface area contributed by atoms with E-state index in [1.165, 1.54) is 32.3 Å². The summed E-state index contributed by atoms with van der Waals surface area (Å²) in [6.45, 7) is 2.29. The molecule has 166 valence electrons. The number of amides is 2. The Morgan fingerprint density at radius 1 is 1.10 bits per heavy atom. The van der Waals surface area contributed by atoms with Crippen LogP contribution in [0, 0.1) is 0 Å². The van der Waals surface area contributed by atoms with E-state index in [1.54, 1.807) is 29.2 Å². The Bertz CT molecular complexity index is 1060. The molecule has 1 aliphatic heterocycles. The van der Waals surface area contributed by atoms with Gasteiger partial charge in [-0.3, -0.25) is 9.59 Å². The fourth-order valence-electron chi connectivity index (χ4n) is 3.05. The number of carbonyl (C=O) groups is 2. The second-order valence-corrected chi connectivity index (χ2v) is 9.81. The molecule has 0 bridgehead atoms. The monoisotopic (exact) mass is 465 g/mol. The minimum Gasteiger partial charge on any atom is -0.378 e. The molecule has 0 radical (unpaired) electrons. The van der Waals surface area contributed by atoms with Crippen molar-refractivity contribution in [3.63, 3.8) is 0 Å². The number of hydrogen-bond donors (Lipinski definition) is 1. The third kappa shape index (κ3) is 5.62. The molecule has 1 aliphatic rings. The number of benzene rings is 2. The van der Waals surface area contributed by atoms with Gasteiger partial charge in [0.2, 0.25) is 15.9 Å². The van der Waals surface area contributed by atoms with Crippen LogP contribution in [0.3, 0.4) is 0 Å². The molecular weight excluding hydrogens is 442 g/mol. The van der Waals surface area contributed by atoms with E-state index in [1.807, 2.05) is 0 Å². The van der Waals surface area contributed by atoms with Gasteiger partial charge in [-0.1, -0.05) is 23.7 Å². The molecule has 1 fully saturated rings. The Balaban J connectivity index is 1.69. The van der Waals surface area contributed by atoms with Crippen molar-refractivity contribution in [3.05, 3.63) is 58.6 Å². The van der Waals surface area contributed by atoms with Crippen LogP contribution in [0.2, 0.25) is 5.02 Å². The highest BCUT2D eigenvalue weighted by molar-refractivity contribution is 7.89. The van der Waals surface area contributed by atoms with Crippen LogP contribution in [-0.2, 0) is 26.0 Å². The van der Waals surface area contributed by atoms with E-state index in [9.17, 15) is 18.0 Å². The molecule has 8 nitrogen and oxygen atoms in total. The van der Waals surface area contributed by atoms with Gasteiger partial charge in [0, 0.05) is 32.9 Å². The molecule has 1 N–H and O–H groups in total. The molecule has 0 saturated carbocycles. The lowest BCUT2D eigenvalue weighted by atomic mass is 10.1. The minimum atomic E-state index is -3.70. The molecule has 31 heavy (non-hydrogen) atoms. The van der Waals surface area contributed by atoms with E-state index in [-0.39, 0.29) is 27.8 Å². The van der Waals surface area contributed by atoms with Crippen LogP contribution in [0.1, 0.15) is 15.9 Å². The molecule has 2 aromatic rings. The number of sulfonamides is 1. The predicted molar refractivity (Wildman–Crippen MR) is 118 cm³/mol. The molecule has 0 spiro atoms. The first-order chi connectivity index (χ1) is 14.7. The highest BCUT2D eigenvalue weighted by Gasteiger charge is 2.21. The zero-order valence-corrected chi connectivity index (χ0v) is 18.9. The van der Waals surface area contributed by atoms with Crippen molar-refractivity contribution in [2.45, 2.75) is 11.3 Å². The summed E-state index contributed by atoms with van der Waals surface area (Å²) in [6, 6.07) is 10.9. The first kappa shape index (κ1) is 23.2. The van der Waals surface area contributed by atoms with Crippen LogP contribution in [0.5, 0.6) is 0 Å². The molecule has 1 saturated heterocycles. The molecule has 10 heteroatoms. The second kappa shape index (κ2) is 9.78. The summed E-state index contributed by atoms with van der Waals surface area (Å²) in [7, 11) is -0.875. The third-order valence-corrected chi connectivity index (χ3v) is 7.03. The maximum Gasteiger partial charge on any atom is 0.257 e. The number of nitrogens with zero attached hydrogens (tertiary/aromatic N) is 2. The zero-order valence-electron chi connectivity index (χ0n) is 17.3. The highest BCUT2D eigenvalue weighted by atomic mass is 35.5. The van der Waals surface area contributed by atoms with E-state index < -0.39 is 15.9 Å². The number of anilines is 1. The van der Waals surface area contributed by atoms with Crippen molar-refractivity contribution in [3.8, 4) is 0 Å². The van der Waals surface area contributed by atoms with Crippen molar-refractivity contribution in [1.29, 1.82) is 0 Å². The third-order valence-electron chi connectivity index (χ3n) is 4.89. The molecule has 0 aliphatic carbocycles. The van der Waals surface area contributed by atoms with Gasteiger partial charge in [-0.15, -0.1) is 0 Å². The number of carbonyl (C=O) groups excluding carboxylic acids is 2. The summed E-state index contributed by atoms with van der Waals surface area (Å²) >= 11 is 6.12. The summed E-state index contributed by atoms with van der Waals surface area (Å²) in [5.74, 6) is -0.497. The van der Waals surface area contributed by atoms with Gasteiger partial charge in [0.05, 0.1) is 35.1 Å². The predicted octanol–water partition coefficient (Wildman–Crippen LogP) is 2.24. The topological polar surface area (TPSA) is 96.0 Å². The number of halogens is 1. The van der Waals surface area contributed by atoms with E-state index in [4.69, 9.17) is 16.3 Å². The van der Waals surface area contributed by atoms with Gasteiger partial charge in [0.15, 0.2) is 0 Å². The lowest BCUT2D eigenvalue weighted by Gasteiger charge is -2.26. The Morgan fingerprint density at radius 2 is 1.74 bits per heavy atom. The molecule has 0 aromatic heterocycles. The van der Waals surface area contributed by atoms with Crippen molar-refractivity contribution in [2.24, 2.45) is 0 Å². The molecule has 3 rings (SSSR count). The van der Waals surface area contributed by atoms with Gasteiger partial charge >= 0.3 is 0 Å². The average Bonchev–Trinajstić information content (AvgIpc) is 2.75. The van der Waals surface area contributed by atoms with Crippen LogP contribution >= 0.6 is 11.6 Å². The Hall–Kier alpha value is -2.46. The summed E-state index contributed by atoms with van der Waals surface area (Å²) in [6.07, 6.45) is 0.268. The van der Waals surface area contributed by atoms with Crippen molar-refractivity contribution >= 4 is 39.1 Å². The van der Waals surface area contributed by atoms with Crippen LogP contribution in [0.4, 0.5) is 5.69 Å². The first-order valence-corrected chi connectivity index (χ1v) is 11.5. The largest absolute Gasteiger partial charge is 0.378 e. The van der Waals surface area contributed by atoms with Crippen LogP contribution in [0.15, 0.2) is 47.4 Å². The summed E-state index contributed by atoms with van der Waals surface area (Å²) < 4.78 is 31.0. The zero-order chi connectivity index (χ0) is 22.6. The first-order valence-electron chi connectivity index (χ1n) is 9.66. The number of rotatable bonds is 6. The smallest absolute Gasteiger partial charge is 0.257 e. The number of ether oxygens (including phenoxy) is 1. The van der Waals surface area contributed by atoms with Crippen molar-refractivity contribution < 1.29 is 22.7 Å². The lowest BCUT2D eigenvalue weighted by Crippen LogP contribution is -2.41. The molecule has 2 aromatic carbocycles. The Labute approximate surface area is 186 Å². The summed E-state index contributed by atoms with van der Waals surface area (Å²) in [5, 5.41) is 2.85. The Kier molecular flexibility index (Phi) is 7.32. The molecule has 0 atom stereocenters. The standard InChI is InChI=1S/C21H24ClN3O5S/c1-24(2)31(28,29)17-7-8-19(22)18(14-17)21(27)23-16-5-3-15(4-6-16)13-20(26)25-9-11-30-12-10-25/h3-8,14H,9-13H2,1-2H3,(H,23,27). The highest BCUT2D eigenvalue weighted by Crippen LogP contribution is 2.23. The fraction of sp³-hybridized carbons (Fsp3) is 0.333. The van der Waals surface area contributed by atoms with Gasteiger partial charge in [0.1, 0.15) is 0 Å². The minimum absolute atomic E-state index is 0.0241.